The van der Waals surface area contributed by atoms with Crippen molar-refractivity contribution in [1.29, 1.82) is 0 Å². The molecule has 2 nitrogen and oxygen atoms in total. The van der Waals surface area contributed by atoms with Crippen LogP contribution in [0.25, 0.3) is 43.1 Å². The van der Waals surface area contributed by atoms with Crippen LogP contribution in [0.15, 0.2) is 206 Å². The zero-order valence-corrected chi connectivity index (χ0v) is 30.0. The highest BCUT2D eigenvalue weighted by atomic mass is 15.1. The molecule has 0 bridgehead atoms. The standard InChI is InChI=1S/C53H34N2/c1-5-17-39(18-6-1)54(40-19-7-2-8-20-40)43-31-37-29-30-38-32-44(55(41-21-9-3-10-22-41)42-23-11-4-12-24-42)34-48-52(38)51(37)47(33-43)53(48)45-25-13-15-35-27-28-36-16-14-26-46(53)50(36)49(35)45/h1-34H. The van der Waals surface area contributed by atoms with E-state index in [0.717, 1.165) is 34.1 Å². The van der Waals surface area contributed by atoms with Gasteiger partial charge in [0.15, 0.2) is 0 Å². The number of benzene rings is 10. The number of fused-ring (bicyclic) bond motifs is 4. The molecule has 0 saturated heterocycles. The van der Waals surface area contributed by atoms with Crippen molar-refractivity contribution in [3.8, 4) is 0 Å². The molecule has 0 aliphatic heterocycles. The zero-order valence-electron chi connectivity index (χ0n) is 30.0. The summed E-state index contributed by atoms with van der Waals surface area (Å²) in [5.41, 5.74) is 11.7. The first-order valence-electron chi connectivity index (χ1n) is 19.1. The molecule has 0 aromatic heterocycles. The Balaban J connectivity index is 1.22. The quantitative estimate of drug-likeness (QED) is 0.160. The summed E-state index contributed by atoms with van der Waals surface area (Å²) in [6.45, 7) is 0. The monoisotopic (exact) mass is 698 g/mol. The second-order valence-electron chi connectivity index (χ2n) is 14.9. The molecule has 0 atom stereocenters. The van der Waals surface area contributed by atoms with E-state index in [4.69, 9.17) is 0 Å². The van der Waals surface area contributed by atoms with Gasteiger partial charge in [-0.25, -0.2) is 0 Å². The molecule has 0 unspecified atom stereocenters. The molecule has 2 heteroatoms. The summed E-state index contributed by atoms with van der Waals surface area (Å²) in [5, 5.41) is 10.5. The number of para-hydroxylation sites is 4. The lowest BCUT2D eigenvalue weighted by atomic mass is 9.69. The number of hydrogen-bond donors (Lipinski definition) is 0. The summed E-state index contributed by atoms with van der Waals surface area (Å²) in [6, 6.07) is 76.2. The van der Waals surface area contributed by atoms with Crippen LogP contribution in [0.5, 0.6) is 0 Å². The first-order valence-corrected chi connectivity index (χ1v) is 19.1. The first-order chi connectivity index (χ1) is 27.3. The highest BCUT2D eigenvalue weighted by Gasteiger charge is 2.50. The summed E-state index contributed by atoms with van der Waals surface area (Å²) in [6.07, 6.45) is 0. The van der Waals surface area contributed by atoms with Crippen LogP contribution in [0.4, 0.5) is 34.1 Å². The largest absolute Gasteiger partial charge is 0.310 e. The summed E-state index contributed by atoms with van der Waals surface area (Å²) >= 11 is 0. The van der Waals surface area contributed by atoms with Crippen LogP contribution in [0.3, 0.4) is 0 Å². The third kappa shape index (κ3) is 4.14. The molecular formula is C53H34N2. The predicted molar refractivity (Wildman–Crippen MR) is 231 cm³/mol. The van der Waals surface area contributed by atoms with E-state index in [9.17, 15) is 0 Å². The van der Waals surface area contributed by atoms with Crippen molar-refractivity contribution in [2.24, 2.45) is 0 Å². The summed E-state index contributed by atoms with van der Waals surface area (Å²) < 4.78 is 0. The van der Waals surface area contributed by atoms with Gasteiger partial charge in [0.2, 0.25) is 0 Å². The fourth-order valence-corrected chi connectivity index (χ4v) is 10.0. The lowest BCUT2D eigenvalue weighted by Gasteiger charge is -2.34. The van der Waals surface area contributed by atoms with Gasteiger partial charge in [-0.1, -0.05) is 133 Å². The van der Waals surface area contributed by atoms with Gasteiger partial charge < -0.3 is 9.80 Å². The Morgan fingerprint density at radius 1 is 0.236 bits per heavy atom. The van der Waals surface area contributed by atoms with Crippen molar-refractivity contribution < 1.29 is 0 Å². The van der Waals surface area contributed by atoms with Crippen LogP contribution >= 0.6 is 0 Å². The van der Waals surface area contributed by atoms with Gasteiger partial charge in [0.1, 0.15) is 0 Å². The molecule has 2 aliphatic carbocycles. The Morgan fingerprint density at radius 3 is 0.927 bits per heavy atom. The topological polar surface area (TPSA) is 6.48 Å². The van der Waals surface area contributed by atoms with Gasteiger partial charge in [0.05, 0.1) is 5.41 Å². The molecule has 0 N–H and O–H groups in total. The Labute approximate surface area is 319 Å². The van der Waals surface area contributed by atoms with E-state index in [1.807, 2.05) is 0 Å². The van der Waals surface area contributed by atoms with Crippen LogP contribution in [-0.4, -0.2) is 0 Å². The fraction of sp³-hybridized carbons (Fsp3) is 0.0189. The lowest BCUT2D eigenvalue weighted by molar-refractivity contribution is 0.800. The number of rotatable bonds is 6. The third-order valence-electron chi connectivity index (χ3n) is 12.1. The van der Waals surface area contributed by atoms with E-state index in [2.05, 4.69) is 216 Å². The van der Waals surface area contributed by atoms with E-state index in [0.29, 0.717) is 0 Å². The summed E-state index contributed by atoms with van der Waals surface area (Å²) in [7, 11) is 0. The van der Waals surface area contributed by atoms with Gasteiger partial charge in [0, 0.05) is 34.1 Å². The van der Waals surface area contributed by atoms with Gasteiger partial charge in [-0.15, -0.1) is 0 Å². The van der Waals surface area contributed by atoms with E-state index in [1.54, 1.807) is 0 Å². The van der Waals surface area contributed by atoms with Crippen molar-refractivity contribution in [2.45, 2.75) is 5.41 Å². The predicted octanol–water partition coefficient (Wildman–Crippen LogP) is 14.2. The van der Waals surface area contributed by atoms with Crippen molar-refractivity contribution in [1.82, 2.24) is 0 Å². The molecule has 0 saturated carbocycles. The van der Waals surface area contributed by atoms with Gasteiger partial charge >= 0.3 is 0 Å². The number of anilines is 6. The van der Waals surface area contributed by atoms with Crippen LogP contribution in [0.2, 0.25) is 0 Å². The maximum atomic E-state index is 2.51. The Kier molecular flexibility index (Phi) is 6.29. The van der Waals surface area contributed by atoms with Crippen molar-refractivity contribution in [3.05, 3.63) is 229 Å². The Morgan fingerprint density at radius 2 is 0.564 bits per heavy atom. The molecule has 0 heterocycles. The van der Waals surface area contributed by atoms with Crippen molar-refractivity contribution in [3.63, 3.8) is 0 Å². The smallest absolute Gasteiger partial charge is 0.0727 e. The van der Waals surface area contributed by atoms with Gasteiger partial charge in [-0.2, -0.15) is 0 Å². The second-order valence-corrected chi connectivity index (χ2v) is 14.9. The number of hydrogen-bond acceptors (Lipinski definition) is 2. The van der Waals surface area contributed by atoms with Crippen LogP contribution in [0, 0.1) is 0 Å². The van der Waals surface area contributed by atoms with Crippen molar-refractivity contribution in [2.75, 3.05) is 9.80 Å². The van der Waals surface area contributed by atoms with Crippen LogP contribution < -0.4 is 9.80 Å². The van der Waals surface area contributed by atoms with Crippen LogP contribution in [0.1, 0.15) is 22.3 Å². The van der Waals surface area contributed by atoms with Crippen LogP contribution in [-0.2, 0) is 5.41 Å². The van der Waals surface area contributed by atoms with Gasteiger partial charge in [-0.3, -0.25) is 0 Å². The molecule has 0 amide bonds. The lowest BCUT2D eigenvalue weighted by Crippen LogP contribution is -2.27. The highest BCUT2D eigenvalue weighted by Crippen LogP contribution is 2.63. The maximum Gasteiger partial charge on any atom is 0.0727 e. The van der Waals surface area contributed by atoms with Gasteiger partial charge in [-0.05, 0) is 138 Å². The average Bonchev–Trinajstić information content (AvgIpc) is 3.72. The van der Waals surface area contributed by atoms with Crippen molar-refractivity contribution >= 4 is 77.2 Å². The first kappa shape index (κ1) is 30.3. The molecule has 12 rings (SSSR count). The van der Waals surface area contributed by atoms with E-state index in [-0.39, 0.29) is 0 Å². The maximum absolute atomic E-state index is 2.51. The molecule has 1 spiro atoms. The van der Waals surface area contributed by atoms with Gasteiger partial charge in [0.25, 0.3) is 0 Å². The normalized spacial score (nSPS) is 13.2. The molecule has 55 heavy (non-hydrogen) atoms. The van der Waals surface area contributed by atoms with E-state index < -0.39 is 5.41 Å². The molecule has 256 valence electrons. The molecule has 0 fully saturated rings. The fourth-order valence-electron chi connectivity index (χ4n) is 10.0. The Bertz CT molecular complexity index is 2840. The molecule has 0 radical (unpaired) electrons. The average molecular weight is 699 g/mol. The molecular weight excluding hydrogens is 665 g/mol. The number of nitrogens with zero attached hydrogens (tertiary/aromatic N) is 2. The summed E-state index contributed by atoms with van der Waals surface area (Å²) in [5.74, 6) is 0. The highest BCUT2D eigenvalue weighted by molar-refractivity contribution is 6.23. The minimum absolute atomic E-state index is 0.535. The van der Waals surface area contributed by atoms with E-state index >= 15 is 0 Å². The second kappa shape index (κ2) is 11.4. The molecule has 2 aliphatic rings. The zero-order chi connectivity index (χ0) is 36.1. The third-order valence-corrected chi connectivity index (χ3v) is 12.1. The minimum Gasteiger partial charge on any atom is -0.310 e. The molecule has 10 aromatic rings. The summed E-state index contributed by atoms with van der Waals surface area (Å²) in [4.78, 5) is 4.83. The minimum atomic E-state index is -0.535. The molecule has 10 aromatic carbocycles. The SMILES string of the molecule is c1ccc(N(c2ccccc2)c2cc3c4c(ccc5cc(N(c6ccccc6)c6ccccc6)cc(c54)C34c3cccc5ccc6cccc4c6c35)c2)cc1. The van der Waals surface area contributed by atoms with E-state index in [1.165, 1.54) is 65.3 Å². The Hall–Kier alpha value is -7.16.